The van der Waals surface area contributed by atoms with Gasteiger partial charge in [-0.3, -0.25) is 0 Å². The number of nitrogens with one attached hydrogen (secondary N) is 1. The summed E-state index contributed by atoms with van der Waals surface area (Å²) in [6.45, 7) is 10.8. The Morgan fingerprint density at radius 2 is 2.15 bits per heavy atom. The van der Waals surface area contributed by atoms with Crippen LogP contribution in [0.1, 0.15) is 46.0 Å². The molecule has 0 aromatic heterocycles. The fourth-order valence-corrected chi connectivity index (χ4v) is 3.08. The predicted octanol–water partition coefficient (Wildman–Crippen LogP) is 2.24. The van der Waals surface area contributed by atoms with Crippen LogP contribution in [0.2, 0.25) is 0 Å². The van der Waals surface area contributed by atoms with Gasteiger partial charge in [0.1, 0.15) is 0 Å². The third kappa shape index (κ3) is 6.08. The summed E-state index contributed by atoms with van der Waals surface area (Å²) in [5.41, 5.74) is 0. The van der Waals surface area contributed by atoms with Crippen molar-refractivity contribution in [3.05, 3.63) is 0 Å². The molecule has 0 saturated carbocycles. The van der Waals surface area contributed by atoms with E-state index in [9.17, 15) is 0 Å². The first-order chi connectivity index (χ1) is 9.74. The van der Waals surface area contributed by atoms with E-state index in [-0.39, 0.29) is 6.29 Å². The Labute approximate surface area is 124 Å². The summed E-state index contributed by atoms with van der Waals surface area (Å²) < 4.78 is 11.4. The first kappa shape index (κ1) is 16.2. The minimum atomic E-state index is 0.0620. The summed E-state index contributed by atoms with van der Waals surface area (Å²) in [7, 11) is 0. The quantitative estimate of drug-likeness (QED) is 0.777. The van der Waals surface area contributed by atoms with Crippen molar-refractivity contribution in [1.82, 2.24) is 10.2 Å². The van der Waals surface area contributed by atoms with Crippen molar-refractivity contribution in [3.8, 4) is 0 Å². The highest BCUT2D eigenvalue weighted by atomic mass is 16.7. The Morgan fingerprint density at radius 3 is 2.90 bits per heavy atom. The highest BCUT2D eigenvalue weighted by Gasteiger charge is 2.20. The lowest BCUT2D eigenvalue weighted by Gasteiger charge is -2.33. The largest absolute Gasteiger partial charge is 0.353 e. The van der Waals surface area contributed by atoms with Crippen molar-refractivity contribution in [2.75, 3.05) is 39.4 Å². The van der Waals surface area contributed by atoms with E-state index < -0.39 is 0 Å². The minimum absolute atomic E-state index is 0.0620. The monoisotopic (exact) mass is 284 g/mol. The van der Waals surface area contributed by atoms with Gasteiger partial charge in [0.2, 0.25) is 0 Å². The van der Waals surface area contributed by atoms with Gasteiger partial charge in [-0.2, -0.15) is 0 Å². The van der Waals surface area contributed by atoms with Gasteiger partial charge in [0.15, 0.2) is 6.29 Å². The molecule has 0 aromatic carbocycles. The van der Waals surface area contributed by atoms with Crippen molar-refractivity contribution in [1.29, 1.82) is 0 Å². The first-order valence-electron chi connectivity index (χ1n) is 8.43. The Morgan fingerprint density at radius 1 is 1.25 bits per heavy atom. The first-order valence-corrected chi connectivity index (χ1v) is 8.43. The van der Waals surface area contributed by atoms with Crippen LogP contribution < -0.4 is 5.32 Å². The van der Waals surface area contributed by atoms with Crippen LogP contribution in [0.3, 0.4) is 0 Å². The molecule has 118 valence electrons. The molecule has 1 N–H and O–H groups in total. The van der Waals surface area contributed by atoms with Crippen LogP contribution in [-0.4, -0.2) is 56.6 Å². The summed E-state index contributed by atoms with van der Waals surface area (Å²) >= 11 is 0. The van der Waals surface area contributed by atoms with Gasteiger partial charge in [0.25, 0.3) is 0 Å². The molecule has 0 spiro atoms. The normalized spacial score (nSPS) is 28.9. The number of rotatable bonds is 7. The lowest BCUT2D eigenvalue weighted by molar-refractivity contribution is -0.164. The fraction of sp³-hybridized carbons (Fsp3) is 1.00. The summed E-state index contributed by atoms with van der Waals surface area (Å²) in [4.78, 5) is 2.55. The van der Waals surface area contributed by atoms with Gasteiger partial charge in [-0.1, -0.05) is 13.8 Å². The minimum Gasteiger partial charge on any atom is -0.353 e. The average molecular weight is 284 g/mol. The second-order valence-electron chi connectivity index (χ2n) is 6.54. The van der Waals surface area contributed by atoms with Crippen LogP contribution in [-0.2, 0) is 9.47 Å². The number of nitrogens with zero attached hydrogens (tertiary/aromatic N) is 1. The second-order valence-corrected chi connectivity index (χ2v) is 6.54. The zero-order chi connectivity index (χ0) is 14.2. The van der Waals surface area contributed by atoms with Crippen LogP contribution in [0.15, 0.2) is 0 Å². The number of hydrogen-bond donors (Lipinski definition) is 1. The molecule has 2 unspecified atom stereocenters. The summed E-state index contributed by atoms with van der Waals surface area (Å²) in [6, 6.07) is 0.595. The van der Waals surface area contributed by atoms with Gasteiger partial charge in [-0.15, -0.1) is 0 Å². The summed E-state index contributed by atoms with van der Waals surface area (Å²) in [5, 5.41) is 3.57. The lowest BCUT2D eigenvalue weighted by Crippen LogP contribution is -2.42. The van der Waals surface area contributed by atoms with Crippen molar-refractivity contribution in [2.45, 2.75) is 58.3 Å². The molecule has 2 aliphatic rings. The number of ether oxygens (including phenoxy) is 2. The lowest BCUT2D eigenvalue weighted by atomic mass is 9.98. The topological polar surface area (TPSA) is 33.7 Å². The maximum absolute atomic E-state index is 5.84. The number of likely N-dealkylation sites (tertiary alicyclic amines) is 1. The van der Waals surface area contributed by atoms with E-state index >= 15 is 0 Å². The molecule has 2 heterocycles. The predicted molar refractivity (Wildman–Crippen MR) is 81.8 cm³/mol. The zero-order valence-corrected chi connectivity index (χ0v) is 13.3. The molecule has 2 rings (SSSR count). The third-order valence-electron chi connectivity index (χ3n) is 4.27. The smallest absolute Gasteiger partial charge is 0.157 e. The number of hydrogen-bond acceptors (Lipinski definition) is 4. The van der Waals surface area contributed by atoms with Gasteiger partial charge >= 0.3 is 0 Å². The van der Waals surface area contributed by atoms with E-state index in [4.69, 9.17) is 9.47 Å². The molecule has 4 heteroatoms. The molecule has 0 aromatic rings. The van der Waals surface area contributed by atoms with Crippen molar-refractivity contribution in [3.63, 3.8) is 0 Å². The maximum Gasteiger partial charge on any atom is 0.157 e. The highest BCUT2D eigenvalue weighted by molar-refractivity contribution is 4.75. The number of piperidine rings is 1. The van der Waals surface area contributed by atoms with Crippen molar-refractivity contribution in [2.24, 2.45) is 5.92 Å². The second kappa shape index (κ2) is 8.98. The van der Waals surface area contributed by atoms with E-state index in [2.05, 4.69) is 24.1 Å². The van der Waals surface area contributed by atoms with Crippen molar-refractivity contribution >= 4 is 0 Å². The van der Waals surface area contributed by atoms with E-state index in [1.165, 1.54) is 38.8 Å². The Bertz CT molecular complexity index is 255. The molecule has 0 aliphatic carbocycles. The third-order valence-corrected chi connectivity index (χ3v) is 4.27. The van der Waals surface area contributed by atoms with Gasteiger partial charge < -0.3 is 19.7 Å². The zero-order valence-electron chi connectivity index (χ0n) is 13.3. The van der Waals surface area contributed by atoms with E-state index in [0.29, 0.717) is 6.04 Å². The SMILES string of the molecule is CC(C)NCC1CCCN(CCOC2CCCCO2)C1. The van der Waals surface area contributed by atoms with E-state index in [1.54, 1.807) is 0 Å². The van der Waals surface area contributed by atoms with Crippen LogP contribution in [0.5, 0.6) is 0 Å². The van der Waals surface area contributed by atoms with Gasteiger partial charge in [0.05, 0.1) is 6.61 Å². The van der Waals surface area contributed by atoms with Gasteiger partial charge in [-0.05, 0) is 51.1 Å². The van der Waals surface area contributed by atoms with Crippen LogP contribution in [0, 0.1) is 5.92 Å². The Hall–Kier alpha value is -0.160. The van der Waals surface area contributed by atoms with Crippen LogP contribution in [0.25, 0.3) is 0 Å². The van der Waals surface area contributed by atoms with Gasteiger partial charge in [0, 0.05) is 25.7 Å². The summed E-state index contributed by atoms with van der Waals surface area (Å²) in [6.07, 6.45) is 6.26. The molecule has 0 bridgehead atoms. The van der Waals surface area contributed by atoms with Crippen molar-refractivity contribution < 1.29 is 9.47 Å². The highest BCUT2D eigenvalue weighted by Crippen LogP contribution is 2.17. The molecule has 0 amide bonds. The molecule has 4 nitrogen and oxygen atoms in total. The standard InChI is InChI=1S/C16H32N2O2/c1-14(2)17-12-15-6-5-8-18(13-15)9-11-20-16-7-3-4-10-19-16/h14-17H,3-13H2,1-2H3. The van der Waals surface area contributed by atoms with Gasteiger partial charge in [-0.25, -0.2) is 0 Å². The molecule has 0 radical (unpaired) electrons. The van der Waals surface area contributed by atoms with E-state index in [1.807, 2.05) is 0 Å². The van der Waals surface area contributed by atoms with E-state index in [0.717, 1.165) is 38.6 Å². The summed E-state index contributed by atoms with van der Waals surface area (Å²) in [5.74, 6) is 0.803. The molecule has 2 fully saturated rings. The average Bonchev–Trinajstić information content (AvgIpc) is 2.47. The molecule has 20 heavy (non-hydrogen) atoms. The molecular formula is C16H32N2O2. The Kier molecular flexibility index (Phi) is 7.28. The van der Waals surface area contributed by atoms with Crippen LogP contribution >= 0.6 is 0 Å². The maximum atomic E-state index is 5.84. The van der Waals surface area contributed by atoms with Crippen LogP contribution in [0.4, 0.5) is 0 Å². The fourth-order valence-electron chi connectivity index (χ4n) is 3.08. The Balaban J connectivity index is 1.57. The molecule has 2 atom stereocenters. The molecular weight excluding hydrogens is 252 g/mol. The molecule has 2 aliphatic heterocycles. The molecule has 2 saturated heterocycles.